The molecule has 0 unspecified atom stereocenters. The minimum absolute atomic E-state index is 0.00461. The highest BCUT2D eigenvalue weighted by atomic mass is 19.4. The Balaban J connectivity index is 1.26. The Morgan fingerprint density at radius 2 is 1.62 bits per heavy atom. The van der Waals surface area contributed by atoms with E-state index in [1.807, 2.05) is 0 Å². The molecule has 0 radical (unpaired) electrons. The quantitative estimate of drug-likeness (QED) is 0.169. The van der Waals surface area contributed by atoms with Gasteiger partial charge in [-0.05, 0) is 62.2 Å². The predicted molar refractivity (Wildman–Crippen MR) is 172 cm³/mol. The monoisotopic (exact) mass is 652 g/mol. The fourth-order valence-corrected chi connectivity index (χ4v) is 5.31. The third-order valence-corrected chi connectivity index (χ3v) is 7.68. The molecule has 3 aromatic carbocycles. The molecule has 47 heavy (non-hydrogen) atoms. The number of urea groups is 1. The molecule has 1 aromatic heterocycles. The maximum absolute atomic E-state index is 14.1. The average molecular weight is 653 g/mol. The number of piperidine rings is 1. The number of anilines is 3. The van der Waals surface area contributed by atoms with Gasteiger partial charge in [-0.2, -0.15) is 13.2 Å². The average Bonchev–Trinajstić information content (AvgIpc) is 3.04. The highest BCUT2D eigenvalue weighted by molar-refractivity contribution is 6.00. The molecule has 1 fully saturated rings. The first-order valence-corrected chi connectivity index (χ1v) is 14.8. The number of halogens is 3. The number of pyridine rings is 1. The number of alkyl halides is 3. The van der Waals surface area contributed by atoms with Crippen molar-refractivity contribution >= 4 is 39.9 Å². The van der Waals surface area contributed by atoms with Crippen molar-refractivity contribution in [2.24, 2.45) is 5.73 Å². The lowest BCUT2D eigenvalue weighted by atomic mass is 10.0. The molecule has 248 valence electrons. The fraction of sp³-hybridized carbons (Fsp3) is 0.303. The molecule has 1 saturated heterocycles. The van der Waals surface area contributed by atoms with Crippen LogP contribution in [-0.4, -0.2) is 56.3 Å². The lowest BCUT2D eigenvalue weighted by molar-refractivity contribution is -0.137. The maximum Gasteiger partial charge on any atom is 0.418 e. The van der Waals surface area contributed by atoms with E-state index in [-0.39, 0.29) is 23.3 Å². The van der Waals surface area contributed by atoms with Gasteiger partial charge >= 0.3 is 12.2 Å². The standard InChI is InChI=1S/C33H35F3N6O5/c1-19(37)31(43)39-20-10-13-42(14-11-20)27-8-7-22(16-25(27)33(34,35)36)41-32(44)40-21-5-4-6-23(15-21)47-28-9-12-38-26-18-30(46-3)29(45-2)17-24(26)28/h4-9,12,15-20H,10-11,13-14,37H2,1-3H3,(H,39,43)(H2,40,41,44)/t19-/m1/s1. The van der Waals surface area contributed by atoms with Crippen molar-refractivity contribution in [2.75, 3.05) is 42.8 Å². The Morgan fingerprint density at radius 1 is 0.936 bits per heavy atom. The van der Waals surface area contributed by atoms with Crippen LogP contribution in [0.4, 0.5) is 35.0 Å². The summed E-state index contributed by atoms with van der Waals surface area (Å²) in [5.74, 6) is 1.60. The van der Waals surface area contributed by atoms with Gasteiger partial charge in [0, 0.05) is 59.9 Å². The SMILES string of the molecule is COc1cc2nccc(Oc3cccc(NC(=O)Nc4ccc(N5CCC(NC(=O)[C@@H](C)N)CC5)c(C(F)(F)F)c4)c3)c2cc1OC. The Bertz CT molecular complexity index is 1760. The third-order valence-electron chi connectivity index (χ3n) is 7.68. The minimum atomic E-state index is -4.67. The summed E-state index contributed by atoms with van der Waals surface area (Å²) in [6, 6.07) is 13.8. The first kappa shape index (κ1) is 33.1. The number of hydrogen-bond donors (Lipinski definition) is 4. The van der Waals surface area contributed by atoms with Crippen LogP contribution < -0.4 is 40.8 Å². The van der Waals surface area contributed by atoms with Crippen molar-refractivity contribution < 1.29 is 37.0 Å². The predicted octanol–water partition coefficient (Wildman–Crippen LogP) is 6.14. The molecule has 5 rings (SSSR count). The zero-order valence-corrected chi connectivity index (χ0v) is 26.0. The van der Waals surface area contributed by atoms with Gasteiger partial charge < -0.3 is 40.8 Å². The number of rotatable bonds is 9. The van der Waals surface area contributed by atoms with E-state index in [2.05, 4.69) is 20.9 Å². The first-order valence-electron chi connectivity index (χ1n) is 14.8. The van der Waals surface area contributed by atoms with Crippen molar-refractivity contribution in [3.63, 3.8) is 0 Å². The molecule has 1 aliphatic heterocycles. The second-order valence-corrected chi connectivity index (χ2v) is 11.0. The second-order valence-electron chi connectivity index (χ2n) is 11.0. The van der Waals surface area contributed by atoms with E-state index in [1.54, 1.807) is 60.5 Å². The number of nitrogens with one attached hydrogen (secondary N) is 3. The van der Waals surface area contributed by atoms with Crippen LogP contribution in [0.3, 0.4) is 0 Å². The number of nitrogens with two attached hydrogens (primary N) is 1. The van der Waals surface area contributed by atoms with Crippen molar-refractivity contribution in [1.29, 1.82) is 0 Å². The number of methoxy groups -OCH3 is 2. The number of amides is 3. The molecule has 11 nitrogen and oxygen atoms in total. The van der Waals surface area contributed by atoms with Gasteiger partial charge in [-0.25, -0.2) is 4.79 Å². The van der Waals surface area contributed by atoms with Gasteiger partial charge in [0.25, 0.3) is 0 Å². The van der Waals surface area contributed by atoms with Gasteiger partial charge in [-0.1, -0.05) is 6.07 Å². The lowest BCUT2D eigenvalue weighted by Gasteiger charge is -2.35. The number of benzene rings is 3. The number of carbonyl (C=O) groups is 2. The minimum Gasteiger partial charge on any atom is -0.493 e. The van der Waals surface area contributed by atoms with Crippen LogP contribution in [0.1, 0.15) is 25.3 Å². The number of hydrogen-bond acceptors (Lipinski definition) is 8. The molecule has 3 amide bonds. The summed E-state index contributed by atoms with van der Waals surface area (Å²) in [4.78, 5) is 30.7. The molecular weight excluding hydrogens is 617 g/mol. The zero-order chi connectivity index (χ0) is 33.7. The van der Waals surface area contributed by atoms with Crippen molar-refractivity contribution in [3.05, 3.63) is 72.4 Å². The Hall–Kier alpha value is -5.24. The summed E-state index contributed by atoms with van der Waals surface area (Å²) in [5.41, 5.74) is 5.67. The van der Waals surface area contributed by atoms with Crippen LogP contribution in [0.25, 0.3) is 10.9 Å². The smallest absolute Gasteiger partial charge is 0.418 e. The molecule has 4 aromatic rings. The van der Waals surface area contributed by atoms with Gasteiger partial charge in [-0.3, -0.25) is 9.78 Å². The van der Waals surface area contributed by atoms with Crippen LogP contribution in [0, 0.1) is 0 Å². The van der Waals surface area contributed by atoms with Gasteiger partial charge in [0.05, 0.1) is 31.3 Å². The zero-order valence-electron chi connectivity index (χ0n) is 26.0. The summed E-state index contributed by atoms with van der Waals surface area (Å²) in [7, 11) is 3.06. The number of aromatic nitrogens is 1. The van der Waals surface area contributed by atoms with E-state index in [0.29, 0.717) is 65.5 Å². The van der Waals surface area contributed by atoms with Crippen LogP contribution in [0.5, 0.6) is 23.0 Å². The molecule has 0 saturated carbocycles. The van der Waals surface area contributed by atoms with Crippen molar-refractivity contribution in [3.8, 4) is 23.0 Å². The van der Waals surface area contributed by atoms with E-state index in [4.69, 9.17) is 19.9 Å². The molecule has 2 heterocycles. The van der Waals surface area contributed by atoms with Gasteiger partial charge in [0.2, 0.25) is 5.91 Å². The highest BCUT2D eigenvalue weighted by Gasteiger charge is 2.36. The molecule has 1 atom stereocenters. The van der Waals surface area contributed by atoms with Gasteiger partial charge in [0.15, 0.2) is 11.5 Å². The summed E-state index contributed by atoms with van der Waals surface area (Å²) in [6.45, 7) is 2.20. The van der Waals surface area contributed by atoms with Crippen LogP contribution >= 0.6 is 0 Å². The molecule has 0 bridgehead atoms. The van der Waals surface area contributed by atoms with E-state index < -0.39 is 23.8 Å². The van der Waals surface area contributed by atoms with Crippen LogP contribution in [-0.2, 0) is 11.0 Å². The maximum atomic E-state index is 14.1. The Morgan fingerprint density at radius 3 is 2.28 bits per heavy atom. The van der Waals surface area contributed by atoms with E-state index in [0.717, 1.165) is 6.07 Å². The molecule has 0 spiro atoms. The number of carbonyl (C=O) groups excluding carboxylic acids is 2. The second kappa shape index (κ2) is 14.0. The highest BCUT2D eigenvalue weighted by Crippen LogP contribution is 2.40. The summed E-state index contributed by atoms with van der Waals surface area (Å²) in [6.07, 6.45) is -2.13. The summed E-state index contributed by atoms with van der Waals surface area (Å²) < 4.78 is 59.3. The topological polar surface area (TPSA) is 140 Å². The molecular formula is C33H35F3N6O5. The Kier molecular flexibility index (Phi) is 9.89. The fourth-order valence-electron chi connectivity index (χ4n) is 5.31. The number of nitrogens with zero attached hydrogens (tertiary/aromatic N) is 2. The van der Waals surface area contributed by atoms with Gasteiger partial charge in [-0.15, -0.1) is 0 Å². The van der Waals surface area contributed by atoms with E-state index >= 15 is 0 Å². The normalized spacial score (nSPS) is 14.3. The summed E-state index contributed by atoms with van der Waals surface area (Å²) >= 11 is 0. The first-order chi connectivity index (χ1) is 22.4. The molecule has 5 N–H and O–H groups in total. The van der Waals surface area contributed by atoms with Gasteiger partial charge in [0.1, 0.15) is 11.5 Å². The largest absolute Gasteiger partial charge is 0.493 e. The van der Waals surface area contributed by atoms with Crippen LogP contribution in [0.15, 0.2) is 66.9 Å². The van der Waals surface area contributed by atoms with Crippen molar-refractivity contribution in [2.45, 2.75) is 38.0 Å². The Labute approximate surface area is 269 Å². The van der Waals surface area contributed by atoms with Crippen molar-refractivity contribution in [1.82, 2.24) is 10.3 Å². The summed E-state index contributed by atoms with van der Waals surface area (Å²) in [5, 5.41) is 8.62. The lowest BCUT2D eigenvalue weighted by Crippen LogP contribution is -2.49. The van der Waals surface area contributed by atoms with E-state index in [1.165, 1.54) is 26.4 Å². The molecule has 14 heteroatoms. The van der Waals surface area contributed by atoms with E-state index in [9.17, 15) is 22.8 Å². The number of ether oxygens (including phenoxy) is 3. The molecule has 1 aliphatic rings. The number of fused-ring (bicyclic) bond motifs is 1. The van der Waals surface area contributed by atoms with Crippen LogP contribution in [0.2, 0.25) is 0 Å². The third kappa shape index (κ3) is 7.95. The molecule has 0 aliphatic carbocycles.